The van der Waals surface area contributed by atoms with Gasteiger partial charge in [-0.1, -0.05) is 27.7 Å². The van der Waals surface area contributed by atoms with Crippen LogP contribution in [0.3, 0.4) is 0 Å². The maximum absolute atomic E-state index is 5.46. The molecule has 2 atom stereocenters. The van der Waals surface area contributed by atoms with E-state index < -0.39 is 0 Å². The van der Waals surface area contributed by atoms with Crippen molar-refractivity contribution in [2.45, 2.75) is 45.4 Å². The summed E-state index contributed by atoms with van der Waals surface area (Å²) in [6.07, 6.45) is 4.99. The molecule has 2 heterocycles. The third kappa shape index (κ3) is 2.83. The summed E-state index contributed by atoms with van der Waals surface area (Å²) < 4.78 is 5.46. The lowest BCUT2D eigenvalue weighted by molar-refractivity contribution is 0.0452. The quantitative estimate of drug-likeness (QED) is 0.749. The molecule has 0 aromatic carbocycles. The van der Waals surface area contributed by atoms with Crippen molar-refractivity contribution in [1.82, 2.24) is 9.97 Å². The highest BCUT2D eigenvalue weighted by Crippen LogP contribution is 2.30. The zero-order valence-electron chi connectivity index (χ0n) is 11.2. The smallest absolute Gasteiger partial charge is 0.131 e. The number of aromatic nitrogens is 2. The van der Waals surface area contributed by atoms with Gasteiger partial charge in [0.1, 0.15) is 5.82 Å². The van der Waals surface area contributed by atoms with Crippen LogP contribution >= 0.6 is 0 Å². The Morgan fingerprint density at radius 2 is 1.88 bits per heavy atom. The normalized spacial score (nSPS) is 25.9. The number of nitrogens with zero attached hydrogens (tertiary/aromatic N) is 2. The molecule has 94 valence electrons. The van der Waals surface area contributed by atoms with Crippen LogP contribution in [0, 0.1) is 5.92 Å². The Hall–Kier alpha value is -0.960. The van der Waals surface area contributed by atoms with Gasteiger partial charge in [0.15, 0.2) is 0 Å². The van der Waals surface area contributed by atoms with Gasteiger partial charge in [-0.25, -0.2) is 9.97 Å². The molecule has 0 aliphatic carbocycles. The summed E-state index contributed by atoms with van der Waals surface area (Å²) >= 11 is 0. The van der Waals surface area contributed by atoms with Crippen molar-refractivity contribution in [2.75, 3.05) is 13.2 Å². The molecule has 3 nitrogen and oxygen atoms in total. The van der Waals surface area contributed by atoms with Crippen molar-refractivity contribution < 1.29 is 4.74 Å². The molecule has 3 heteroatoms. The van der Waals surface area contributed by atoms with Gasteiger partial charge in [0, 0.05) is 31.5 Å². The van der Waals surface area contributed by atoms with E-state index in [0.29, 0.717) is 11.8 Å². The molecule has 0 N–H and O–H groups in total. The Balaban J connectivity index is 2.17. The molecule has 17 heavy (non-hydrogen) atoms. The first-order valence-electron chi connectivity index (χ1n) is 6.38. The Labute approximate surface area is 104 Å². The lowest BCUT2D eigenvalue weighted by Gasteiger charge is -2.28. The number of rotatable bonds is 1. The molecule has 0 spiro atoms. The Morgan fingerprint density at radius 3 is 2.41 bits per heavy atom. The van der Waals surface area contributed by atoms with Crippen LogP contribution in [-0.4, -0.2) is 23.2 Å². The summed E-state index contributed by atoms with van der Waals surface area (Å²) in [5.41, 5.74) is 1.32. The first-order valence-corrected chi connectivity index (χ1v) is 6.38. The standard InChI is InChI=1S/C14H22N2O/c1-10-9-17-6-5-12(10)13-15-7-11(8-16-13)14(2,3)4/h7-8,10,12H,5-6,9H2,1-4H3. The minimum absolute atomic E-state index is 0.125. The second kappa shape index (κ2) is 4.73. The fraction of sp³-hybridized carbons (Fsp3) is 0.714. The minimum Gasteiger partial charge on any atom is -0.381 e. The van der Waals surface area contributed by atoms with E-state index >= 15 is 0 Å². The van der Waals surface area contributed by atoms with Gasteiger partial charge in [-0.3, -0.25) is 0 Å². The second-order valence-corrected chi connectivity index (χ2v) is 6.03. The topological polar surface area (TPSA) is 35.0 Å². The minimum atomic E-state index is 0.125. The average Bonchev–Trinajstić information content (AvgIpc) is 2.29. The van der Waals surface area contributed by atoms with Gasteiger partial charge in [0.25, 0.3) is 0 Å². The van der Waals surface area contributed by atoms with E-state index in [1.54, 1.807) is 0 Å². The van der Waals surface area contributed by atoms with Crippen LogP contribution in [0.5, 0.6) is 0 Å². The van der Waals surface area contributed by atoms with E-state index in [1.807, 2.05) is 12.4 Å². The predicted octanol–water partition coefficient (Wildman–Crippen LogP) is 2.91. The molecule has 1 fully saturated rings. The first-order chi connectivity index (χ1) is 7.98. The largest absolute Gasteiger partial charge is 0.381 e. The predicted molar refractivity (Wildman–Crippen MR) is 68.1 cm³/mol. The summed E-state index contributed by atoms with van der Waals surface area (Å²) in [7, 11) is 0. The summed E-state index contributed by atoms with van der Waals surface area (Å²) in [6, 6.07) is 0. The van der Waals surface area contributed by atoms with Gasteiger partial charge in [0.05, 0.1) is 0 Å². The molecule has 0 bridgehead atoms. The van der Waals surface area contributed by atoms with E-state index in [0.717, 1.165) is 25.5 Å². The first kappa shape index (κ1) is 12.5. The number of hydrogen-bond donors (Lipinski definition) is 0. The summed E-state index contributed by atoms with van der Waals surface area (Å²) in [5, 5.41) is 0. The van der Waals surface area contributed by atoms with Gasteiger partial charge in [-0.2, -0.15) is 0 Å². The van der Waals surface area contributed by atoms with Crippen LogP contribution in [0.15, 0.2) is 12.4 Å². The molecule has 1 aromatic rings. The average molecular weight is 234 g/mol. The molecule has 1 aromatic heterocycles. The molecule has 2 rings (SSSR count). The fourth-order valence-electron chi connectivity index (χ4n) is 2.18. The maximum Gasteiger partial charge on any atom is 0.131 e. The van der Waals surface area contributed by atoms with E-state index in [2.05, 4.69) is 37.7 Å². The van der Waals surface area contributed by atoms with Crippen LogP contribution in [-0.2, 0) is 10.2 Å². The third-order valence-corrected chi connectivity index (χ3v) is 3.51. The van der Waals surface area contributed by atoms with Crippen LogP contribution in [0.4, 0.5) is 0 Å². The Kier molecular flexibility index (Phi) is 3.48. The van der Waals surface area contributed by atoms with Crippen molar-refractivity contribution in [1.29, 1.82) is 0 Å². The highest BCUT2D eigenvalue weighted by Gasteiger charge is 2.26. The molecular formula is C14H22N2O. The second-order valence-electron chi connectivity index (χ2n) is 6.03. The van der Waals surface area contributed by atoms with E-state index in [1.165, 1.54) is 5.56 Å². The van der Waals surface area contributed by atoms with Gasteiger partial charge in [-0.05, 0) is 23.3 Å². The maximum atomic E-state index is 5.46. The Bertz CT molecular complexity index is 367. The van der Waals surface area contributed by atoms with Crippen molar-refractivity contribution in [2.24, 2.45) is 5.92 Å². The van der Waals surface area contributed by atoms with E-state index in [-0.39, 0.29) is 5.41 Å². The summed E-state index contributed by atoms with van der Waals surface area (Å²) in [4.78, 5) is 9.11. The zero-order valence-corrected chi connectivity index (χ0v) is 11.2. The third-order valence-electron chi connectivity index (χ3n) is 3.51. The van der Waals surface area contributed by atoms with Crippen LogP contribution in [0.25, 0.3) is 0 Å². The van der Waals surface area contributed by atoms with Gasteiger partial charge in [0.2, 0.25) is 0 Å². The molecular weight excluding hydrogens is 212 g/mol. The summed E-state index contributed by atoms with van der Waals surface area (Å²) in [6.45, 7) is 10.4. The molecule has 1 saturated heterocycles. The monoisotopic (exact) mass is 234 g/mol. The van der Waals surface area contributed by atoms with Gasteiger partial charge < -0.3 is 4.74 Å². The van der Waals surface area contributed by atoms with Crippen LogP contribution < -0.4 is 0 Å². The lowest BCUT2D eigenvalue weighted by Crippen LogP contribution is -2.25. The van der Waals surface area contributed by atoms with Crippen molar-refractivity contribution in [3.8, 4) is 0 Å². The fourth-order valence-corrected chi connectivity index (χ4v) is 2.18. The summed E-state index contributed by atoms with van der Waals surface area (Å²) in [5.74, 6) is 1.95. The zero-order chi connectivity index (χ0) is 12.5. The molecule has 0 saturated carbocycles. The van der Waals surface area contributed by atoms with Gasteiger partial charge >= 0.3 is 0 Å². The van der Waals surface area contributed by atoms with Crippen molar-refractivity contribution >= 4 is 0 Å². The van der Waals surface area contributed by atoms with E-state index in [4.69, 9.17) is 4.74 Å². The highest BCUT2D eigenvalue weighted by molar-refractivity contribution is 5.16. The van der Waals surface area contributed by atoms with Gasteiger partial charge in [-0.15, -0.1) is 0 Å². The molecule has 0 amide bonds. The van der Waals surface area contributed by atoms with Crippen LogP contribution in [0.1, 0.15) is 51.4 Å². The SMILES string of the molecule is CC1COCCC1c1ncc(C(C)(C)C)cn1. The van der Waals surface area contributed by atoms with Crippen molar-refractivity contribution in [3.05, 3.63) is 23.8 Å². The Morgan fingerprint density at radius 1 is 1.24 bits per heavy atom. The molecule has 1 aliphatic heterocycles. The highest BCUT2D eigenvalue weighted by atomic mass is 16.5. The van der Waals surface area contributed by atoms with Crippen LogP contribution in [0.2, 0.25) is 0 Å². The molecule has 2 unspecified atom stereocenters. The lowest BCUT2D eigenvalue weighted by atomic mass is 9.87. The number of ether oxygens (including phenoxy) is 1. The number of hydrogen-bond acceptors (Lipinski definition) is 3. The molecule has 1 aliphatic rings. The van der Waals surface area contributed by atoms with Crippen molar-refractivity contribution in [3.63, 3.8) is 0 Å². The molecule has 0 radical (unpaired) electrons. The van der Waals surface area contributed by atoms with E-state index in [9.17, 15) is 0 Å².